The van der Waals surface area contributed by atoms with E-state index in [1.165, 1.54) is 13.0 Å². The number of ketones is 1. The Morgan fingerprint density at radius 3 is 2.52 bits per heavy atom. The van der Waals surface area contributed by atoms with Crippen molar-refractivity contribution >= 4 is 38.6 Å². The molecule has 10 heteroatoms. The highest BCUT2D eigenvalue weighted by atomic mass is 32.2. The fourth-order valence-corrected chi connectivity index (χ4v) is 6.86. The smallest absolute Gasteiger partial charge is 0.237 e. The number of carbonyl (C=O) groups is 2. The van der Waals surface area contributed by atoms with Crippen molar-refractivity contribution in [1.29, 1.82) is 0 Å². The molecule has 2 aromatic rings. The van der Waals surface area contributed by atoms with Gasteiger partial charge in [-0.15, -0.1) is 11.3 Å². The van der Waals surface area contributed by atoms with Gasteiger partial charge in [-0.2, -0.15) is 0 Å². The number of benzene rings is 1. The lowest BCUT2D eigenvalue weighted by atomic mass is 10.1. The topological polar surface area (TPSA) is 78.0 Å². The summed E-state index contributed by atoms with van der Waals surface area (Å²) >= 11 is 1.56. The van der Waals surface area contributed by atoms with Gasteiger partial charge in [0.1, 0.15) is 5.82 Å². The molecule has 0 N–H and O–H groups in total. The van der Waals surface area contributed by atoms with Crippen molar-refractivity contribution in [3.8, 4) is 0 Å². The van der Waals surface area contributed by atoms with Crippen molar-refractivity contribution in [2.24, 2.45) is 0 Å². The van der Waals surface area contributed by atoms with Crippen LogP contribution in [0.2, 0.25) is 0 Å². The van der Waals surface area contributed by atoms with E-state index in [4.69, 9.17) is 0 Å². The molecule has 33 heavy (non-hydrogen) atoms. The Balaban J connectivity index is 1.38. The molecule has 2 aliphatic heterocycles. The first-order chi connectivity index (χ1) is 15.7. The van der Waals surface area contributed by atoms with Crippen LogP contribution < -0.4 is 4.90 Å². The van der Waals surface area contributed by atoms with Crippen LogP contribution >= 0.6 is 11.3 Å². The van der Waals surface area contributed by atoms with Crippen LogP contribution in [-0.2, 0) is 21.2 Å². The van der Waals surface area contributed by atoms with E-state index in [1.807, 2.05) is 27.3 Å². The molecule has 2 saturated heterocycles. The second kappa shape index (κ2) is 9.90. The fourth-order valence-electron chi connectivity index (χ4n) is 4.42. The zero-order valence-electron chi connectivity index (χ0n) is 18.6. The van der Waals surface area contributed by atoms with Gasteiger partial charge in [-0.1, -0.05) is 6.07 Å². The van der Waals surface area contributed by atoms with Crippen LogP contribution in [0.25, 0.3) is 0 Å². The molecule has 1 unspecified atom stereocenters. The number of rotatable bonds is 7. The van der Waals surface area contributed by atoms with E-state index in [-0.39, 0.29) is 35.8 Å². The number of sulfone groups is 1. The van der Waals surface area contributed by atoms with Crippen LogP contribution in [0.5, 0.6) is 0 Å². The largest absolute Gasteiger partial charge is 0.367 e. The summed E-state index contributed by atoms with van der Waals surface area (Å²) in [6.45, 7) is 4.35. The van der Waals surface area contributed by atoms with E-state index in [1.54, 1.807) is 28.4 Å². The van der Waals surface area contributed by atoms with E-state index in [0.717, 1.165) is 4.88 Å². The minimum atomic E-state index is -3.10. The number of piperazine rings is 1. The van der Waals surface area contributed by atoms with Gasteiger partial charge < -0.3 is 9.80 Å². The van der Waals surface area contributed by atoms with Crippen molar-refractivity contribution in [3.63, 3.8) is 0 Å². The summed E-state index contributed by atoms with van der Waals surface area (Å²) in [7, 11) is -3.10. The second-order valence-corrected chi connectivity index (χ2v) is 11.9. The first-order valence-electron chi connectivity index (χ1n) is 11.0. The Morgan fingerprint density at radius 1 is 1.18 bits per heavy atom. The predicted octanol–water partition coefficient (Wildman–Crippen LogP) is 2.43. The number of amides is 1. The van der Waals surface area contributed by atoms with E-state index in [9.17, 15) is 22.4 Å². The molecule has 1 aromatic carbocycles. The molecule has 1 aromatic heterocycles. The number of hydrogen-bond donors (Lipinski definition) is 0. The summed E-state index contributed by atoms with van der Waals surface area (Å²) < 4.78 is 38.5. The van der Waals surface area contributed by atoms with Gasteiger partial charge in [0, 0.05) is 42.7 Å². The summed E-state index contributed by atoms with van der Waals surface area (Å²) in [6.07, 6.45) is 0.475. The van der Waals surface area contributed by atoms with Crippen molar-refractivity contribution in [1.82, 2.24) is 9.80 Å². The van der Waals surface area contributed by atoms with Crippen molar-refractivity contribution in [2.45, 2.75) is 25.9 Å². The minimum absolute atomic E-state index is 0.0213. The molecule has 1 amide bonds. The third-order valence-corrected chi connectivity index (χ3v) is 8.91. The monoisotopic (exact) mass is 493 g/mol. The molecule has 0 saturated carbocycles. The van der Waals surface area contributed by atoms with E-state index >= 15 is 0 Å². The van der Waals surface area contributed by atoms with Crippen LogP contribution in [0.15, 0.2) is 35.7 Å². The molecule has 3 heterocycles. The second-order valence-electron chi connectivity index (χ2n) is 8.64. The van der Waals surface area contributed by atoms with Gasteiger partial charge in [-0.25, -0.2) is 12.8 Å². The lowest BCUT2D eigenvalue weighted by Gasteiger charge is -2.37. The average Bonchev–Trinajstić information content (AvgIpc) is 3.41. The standard InChI is InChI=1S/C23H28FN3O4S2/c1-17(28)18-4-5-22(21(24)13-18)26-9-7-25(8-10-26)15-23(29)27(14-20-3-2-11-32-20)19-6-12-33(30,31)16-19/h2-5,11,13,19H,6-10,12,14-16H2,1H3. The Hall–Kier alpha value is -2.30. The van der Waals surface area contributed by atoms with Gasteiger partial charge in [0.15, 0.2) is 15.6 Å². The molecule has 1 atom stereocenters. The van der Waals surface area contributed by atoms with E-state index in [2.05, 4.69) is 0 Å². The molecular formula is C23H28FN3O4S2. The predicted molar refractivity (Wildman–Crippen MR) is 127 cm³/mol. The minimum Gasteiger partial charge on any atom is -0.367 e. The molecule has 4 rings (SSSR count). The molecular weight excluding hydrogens is 465 g/mol. The average molecular weight is 494 g/mol. The maximum atomic E-state index is 14.5. The van der Waals surface area contributed by atoms with Crippen molar-refractivity contribution in [2.75, 3.05) is 49.1 Å². The molecule has 2 aliphatic rings. The third kappa shape index (κ3) is 5.80. The van der Waals surface area contributed by atoms with Gasteiger partial charge >= 0.3 is 0 Å². The van der Waals surface area contributed by atoms with E-state index < -0.39 is 15.7 Å². The van der Waals surface area contributed by atoms with Crippen molar-refractivity contribution < 1.29 is 22.4 Å². The molecule has 0 bridgehead atoms. The number of hydrogen-bond acceptors (Lipinski definition) is 7. The van der Waals surface area contributed by atoms with Crippen molar-refractivity contribution in [3.05, 3.63) is 52.0 Å². The zero-order valence-corrected chi connectivity index (χ0v) is 20.2. The molecule has 0 spiro atoms. The Morgan fingerprint density at radius 2 is 1.94 bits per heavy atom. The van der Waals surface area contributed by atoms with Gasteiger partial charge in [-0.05, 0) is 43.0 Å². The first-order valence-corrected chi connectivity index (χ1v) is 13.7. The highest BCUT2D eigenvalue weighted by Gasteiger charge is 2.35. The quantitative estimate of drug-likeness (QED) is 0.552. The summed E-state index contributed by atoms with van der Waals surface area (Å²) in [5.41, 5.74) is 0.807. The highest BCUT2D eigenvalue weighted by Crippen LogP contribution is 2.24. The third-order valence-electron chi connectivity index (χ3n) is 6.30. The van der Waals surface area contributed by atoms with Gasteiger partial charge in [0.2, 0.25) is 5.91 Å². The normalized spacial score (nSPS) is 20.7. The molecule has 0 radical (unpaired) electrons. The van der Waals surface area contributed by atoms with Crippen LogP contribution in [0.4, 0.5) is 10.1 Å². The van der Waals surface area contributed by atoms with Crippen LogP contribution in [0.1, 0.15) is 28.6 Å². The zero-order chi connectivity index (χ0) is 23.6. The summed E-state index contributed by atoms with van der Waals surface area (Å²) in [4.78, 5) is 31.4. The Labute approximate surface area is 197 Å². The molecule has 0 aliphatic carbocycles. The SMILES string of the molecule is CC(=O)c1ccc(N2CCN(CC(=O)N(Cc3cccs3)C3CCS(=O)(=O)C3)CC2)c(F)c1. The number of anilines is 1. The van der Waals surface area contributed by atoms with Crippen LogP contribution in [0, 0.1) is 5.82 Å². The number of thiophene rings is 1. The number of halogens is 1. The summed E-state index contributed by atoms with van der Waals surface area (Å²) in [5, 5.41) is 1.95. The van der Waals surface area contributed by atoms with Gasteiger partial charge in [0.05, 0.1) is 30.3 Å². The van der Waals surface area contributed by atoms with Gasteiger partial charge in [0.25, 0.3) is 0 Å². The number of Topliss-reactive ketones (excluding diaryl/α,β-unsaturated/α-hetero) is 1. The maximum Gasteiger partial charge on any atom is 0.237 e. The molecule has 178 valence electrons. The highest BCUT2D eigenvalue weighted by molar-refractivity contribution is 7.91. The maximum absolute atomic E-state index is 14.5. The van der Waals surface area contributed by atoms with Crippen LogP contribution in [0.3, 0.4) is 0 Å². The Bertz CT molecular complexity index is 1110. The Kier molecular flexibility index (Phi) is 7.16. The summed E-state index contributed by atoms with van der Waals surface area (Å²) in [6, 6.07) is 8.13. The number of carbonyl (C=O) groups excluding carboxylic acids is 2. The lowest BCUT2D eigenvalue weighted by Crippen LogP contribution is -2.51. The number of nitrogens with zero attached hydrogens (tertiary/aromatic N) is 3. The van der Waals surface area contributed by atoms with E-state index in [0.29, 0.717) is 50.4 Å². The molecule has 7 nitrogen and oxygen atoms in total. The van der Waals surface area contributed by atoms with Gasteiger partial charge in [-0.3, -0.25) is 14.5 Å². The molecule has 2 fully saturated rings. The summed E-state index contributed by atoms with van der Waals surface area (Å²) in [5.74, 6) is -0.523. The first kappa shape index (κ1) is 23.8. The van der Waals surface area contributed by atoms with Crippen LogP contribution in [-0.4, -0.2) is 80.2 Å². The lowest BCUT2D eigenvalue weighted by molar-refractivity contribution is -0.135. The fraction of sp³-hybridized carbons (Fsp3) is 0.478.